The third-order valence-electron chi connectivity index (χ3n) is 5.25. The van der Waals surface area contributed by atoms with Crippen LogP contribution in [0.15, 0.2) is 42.5 Å². The Bertz CT molecular complexity index is 886. The number of Topliss-reactive ketones (excluding diaryl/α,β-unsaturated/α-hetero) is 1. The lowest BCUT2D eigenvalue weighted by Gasteiger charge is -2.15. The molecule has 2 nitrogen and oxygen atoms in total. The summed E-state index contributed by atoms with van der Waals surface area (Å²) >= 11 is 0. The molecule has 0 aliphatic carbocycles. The molecule has 0 radical (unpaired) electrons. The summed E-state index contributed by atoms with van der Waals surface area (Å²) in [5.74, 6) is 0.481. The van der Waals surface area contributed by atoms with Crippen LogP contribution in [0.4, 0.5) is 26.3 Å². The summed E-state index contributed by atoms with van der Waals surface area (Å²) < 4.78 is 78.6. The van der Waals surface area contributed by atoms with E-state index in [-0.39, 0.29) is 35.4 Å². The summed E-state index contributed by atoms with van der Waals surface area (Å²) in [5, 5.41) is 3.16. The van der Waals surface area contributed by atoms with Gasteiger partial charge in [0.25, 0.3) is 0 Å². The van der Waals surface area contributed by atoms with Gasteiger partial charge in [0.15, 0.2) is 0 Å². The van der Waals surface area contributed by atoms with Crippen LogP contribution in [0.2, 0.25) is 0 Å². The molecule has 1 saturated heterocycles. The fraction of sp³-hybridized carbons (Fsp3) is 0.409. The Kier molecular flexibility index (Phi) is 6.26. The molecule has 0 bridgehead atoms. The first-order chi connectivity index (χ1) is 13.9. The second-order valence-corrected chi connectivity index (χ2v) is 7.76. The van der Waals surface area contributed by atoms with Crippen LogP contribution in [0, 0.1) is 5.92 Å². The van der Waals surface area contributed by atoms with Gasteiger partial charge in [-0.1, -0.05) is 31.2 Å². The van der Waals surface area contributed by atoms with Crippen molar-refractivity contribution in [3.8, 4) is 11.1 Å². The Labute approximate surface area is 170 Å². The van der Waals surface area contributed by atoms with E-state index >= 15 is 0 Å². The van der Waals surface area contributed by atoms with Gasteiger partial charge in [0.2, 0.25) is 0 Å². The topological polar surface area (TPSA) is 29.1 Å². The predicted octanol–water partition coefficient (Wildman–Crippen LogP) is 5.89. The number of ketones is 1. The standard InChI is InChI=1S/C22H21F6NO/c1-13-7-19(29-12-13)20(30)6-5-14-3-2-4-15(8-14)16-9-17(21(23,24)25)11-18(10-16)22(26,27)28/h2-4,8-11,13,19,29H,5-7,12H2,1H3/t13-,19-/m0/s1. The van der Waals surface area contributed by atoms with Gasteiger partial charge in [-0.25, -0.2) is 0 Å². The monoisotopic (exact) mass is 429 g/mol. The fourth-order valence-corrected chi connectivity index (χ4v) is 3.63. The third-order valence-corrected chi connectivity index (χ3v) is 5.25. The van der Waals surface area contributed by atoms with Crippen LogP contribution in [-0.4, -0.2) is 18.4 Å². The first-order valence-corrected chi connectivity index (χ1v) is 9.58. The summed E-state index contributed by atoms with van der Waals surface area (Å²) in [5.41, 5.74) is -1.96. The highest BCUT2D eigenvalue weighted by molar-refractivity contribution is 5.84. The van der Waals surface area contributed by atoms with Gasteiger partial charge in [0.05, 0.1) is 17.2 Å². The Morgan fingerprint density at radius 3 is 2.13 bits per heavy atom. The van der Waals surface area contributed by atoms with Crippen LogP contribution >= 0.6 is 0 Å². The minimum absolute atomic E-state index is 0.0585. The van der Waals surface area contributed by atoms with Crippen molar-refractivity contribution >= 4 is 5.78 Å². The molecule has 0 spiro atoms. The number of nitrogens with one attached hydrogen (secondary N) is 1. The number of hydrogen-bond donors (Lipinski definition) is 1. The SMILES string of the molecule is C[C@@H]1CN[C@H](C(=O)CCc2cccc(-c3cc(C(F)(F)F)cc(C(F)(F)F)c3)c2)C1. The van der Waals surface area contributed by atoms with Gasteiger partial charge in [0.1, 0.15) is 5.78 Å². The van der Waals surface area contributed by atoms with Crippen LogP contribution in [0.3, 0.4) is 0 Å². The molecule has 1 heterocycles. The molecular weight excluding hydrogens is 408 g/mol. The molecular formula is C22H21F6NO. The molecule has 1 aliphatic heterocycles. The third kappa shape index (κ3) is 5.41. The number of halogens is 6. The number of alkyl halides is 6. The molecule has 0 saturated carbocycles. The second-order valence-electron chi connectivity index (χ2n) is 7.76. The molecule has 0 aromatic heterocycles. The second kappa shape index (κ2) is 8.41. The number of carbonyl (C=O) groups excluding carboxylic acids is 1. The van der Waals surface area contributed by atoms with Crippen molar-refractivity contribution in [2.45, 2.75) is 44.6 Å². The molecule has 30 heavy (non-hydrogen) atoms. The lowest BCUT2D eigenvalue weighted by molar-refractivity contribution is -0.143. The number of carbonyl (C=O) groups is 1. The smallest absolute Gasteiger partial charge is 0.307 e. The molecule has 1 aliphatic rings. The molecule has 1 N–H and O–H groups in total. The maximum absolute atomic E-state index is 13.1. The minimum atomic E-state index is -4.90. The lowest BCUT2D eigenvalue weighted by atomic mass is 9.95. The molecule has 8 heteroatoms. The van der Waals surface area contributed by atoms with Gasteiger partial charge in [-0.05, 0) is 60.2 Å². The van der Waals surface area contributed by atoms with Crippen LogP contribution in [0.1, 0.15) is 36.5 Å². The van der Waals surface area contributed by atoms with E-state index in [1.807, 2.05) is 6.92 Å². The fourth-order valence-electron chi connectivity index (χ4n) is 3.63. The van der Waals surface area contributed by atoms with E-state index in [9.17, 15) is 31.1 Å². The largest absolute Gasteiger partial charge is 0.416 e. The average molecular weight is 429 g/mol. The summed E-state index contributed by atoms with van der Waals surface area (Å²) in [4.78, 5) is 12.3. The van der Waals surface area contributed by atoms with Crippen LogP contribution in [0.25, 0.3) is 11.1 Å². The van der Waals surface area contributed by atoms with Crippen molar-refractivity contribution in [2.24, 2.45) is 5.92 Å². The van der Waals surface area contributed by atoms with Gasteiger partial charge in [-0.2, -0.15) is 26.3 Å². The number of benzene rings is 2. The van der Waals surface area contributed by atoms with Crippen LogP contribution in [0.5, 0.6) is 0 Å². The Hall–Kier alpha value is -2.35. The van der Waals surface area contributed by atoms with Gasteiger partial charge >= 0.3 is 12.4 Å². The molecule has 2 atom stereocenters. The highest BCUT2D eigenvalue weighted by Crippen LogP contribution is 2.38. The van der Waals surface area contributed by atoms with Gasteiger partial charge in [-0.15, -0.1) is 0 Å². The summed E-state index contributed by atoms with van der Waals surface area (Å²) in [6, 6.07) is 7.61. The number of aryl methyl sites for hydroxylation is 1. The van der Waals surface area contributed by atoms with Gasteiger partial charge < -0.3 is 5.32 Å². The highest BCUT2D eigenvalue weighted by Gasteiger charge is 2.37. The first-order valence-electron chi connectivity index (χ1n) is 9.58. The highest BCUT2D eigenvalue weighted by atomic mass is 19.4. The molecule has 0 amide bonds. The molecule has 2 aromatic carbocycles. The number of rotatable bonds is 5. The van der Waals surface area contributed by atoms with E-state index in [1.54, 1.807) is 12.1 Å². The van der Waals surface area contributed by atoms with E-state index in [0.29, 0.717) is 30.0 Å². The quantitative estimate of drug-likeness (QED) is 0.601. The van der Waals surface area contributed by atoms with Crippen molar-refractivity contribution in [1.29, 1.82) is 0 Å². The van der Waals surface area contributed by atoms with Crippen molar-refractivity contribution in [3.63, 3.8) is 0 Å². The Morgan fingerprint density at radius 1 is 0.967 bits per heavy atom. The molecule has 0 unspecified atom stereocenters. The molecule has 2 aromatic rings. The minimum Gasteiger partial charge on any atom is -0.307 e. The van der Waals surface area contributed by atoms with E-state index in [1.165, 1.54) is 12.1 Å². The summed E-state index contributed by atoms with van der Waals surface area (Å²) in [7, 11) is 0. The lowest BCUT2D eigenvalue weighted by Crippen LogP contribution is -2.30. The zero-order chi connectivity index (χ0) is 22.1. The van der Waals surface area contributed by atoms with Gasteiger partial charge in [-0.3, -0.25) is 4.79 Å². The summed E-state index contributed by atoms with van der Waals surface area (Å²) in [6.07, 6.45) is -8.41. The van der Waals surface area contributed by atoms with E-state index in [4.69, 9.17) is 0 Å². The summed E-state index contributed by atoms with van der Waals surface area (Å²) in [6.45, 7) is 2.83. The normalized spacial score (nSPS) is 19.8. The maximum atomic E-state index is 13.1. The Morgan fingerprint density at radius 2 is 1.60 bits per heavy atom. The van der Waals surface area contributed by atoms with Crippen molar-refractivity contribution in [2.75, 3.05) is 6.54 Å². The maximum Gasteiger partial charge on any atom is 0.416 e. The first kappa shape index (κ1) is 22.3. The molecule has 162 valence electrons. The zero-order valence-electron chi connectivity index (χ0n) is 16.2. The van der Waals surface area contributed by atoms with Crippen LogP contribution < -0.4 is 5.32 Å². The van der Waals surface area contributed by atoms with E-state index in [0.717, 1.165) is 13.0 Å². The van der Waals surface area contributed by atoms with E-state index < -0.39 is 23.5 Å². The van der Waals surface area contributed by atoms with Crippen LogP contribution in [-0.2, 0) is 23.6 Å². The van der Waals surface area contributed by atoms with Crippen molar-refractivity contribution < 1.29 is 31.1 Å². The van der Waals surface area contributed by atoms with E-state index in [2.05, 4.69) is 5.32 Å². The number of hydrogen-bond acceptors (Lipinski definition) is 2. The molecule has 3 rings (SSSR count). The van der Waals surface area contributed by atoms with Gasteiger partial charge in [0, 0.05) is 6.42 Å². The van der Waals surface area contributed by atoms with Crippen molar-refractivity contribution in [3.05, 3.63) is 59.2 Å². The van der Waals surface area contributed by atoms with Crippen molar-refractivity contribution in [1.82, 2.24) is 5.32 Å². The Balaban J connectivity index is 1.83. The average Bonchev–Trinajstić information content (AvgIpc) is 3.11. The molecule has 1 fully saturated rings. The predicted molar refractivity (Wildman–Crippen MR) is 101 cm³/mol. The zero-order valence-corrected chi connectivity index (χ0v) is 16.2.